The number of ether oxygens (including phenoxy) is 1. The molecule has 5 heteroatoms. The van der Waals surface area contributed by atoms with Crippen molar-refractivity contribution in [2.45, 2.75) is 33.2 Å². The van der Waals surface area contributed by atoms with E-state index < -0.39 is 0 Å². The lowest BCUT2D eigenvalue weighted by atomic mass is 10.1. The molecule has 0 spiro atoms. The van der Waals surface area contributed by atoms with Gasteiger partial charge in [-0.15, -0.1) is 0 Å². The maximum Gasteiger partial charge on any atom is 0.314 e. The molecule has 0 aromatic heterocycles. The Balaban J connectivity index is 2.41. The molecule has 0 saturated carbocycles. The molecule has 0 fully saturated rings. The van der Waals surface area contributed by atoms with Crippen molar-refractivity contribution in [3.8, 4) is 5.75 Å². The van der Waals surface area contributed by atoms with Crippen LogP contribution in [0.15, 0.2) is 18.2 Å². The second kappa shape index (κ2) is 7.61. The molecule has 1 aromatic carbocycles. The average molecular weight is 268 g/mol. The van der Waals surface area contributed by atoms with Gasteiger partial charge in [-0.25, -0.2) is 9.18 Å². The van der Waals surface area contributed by atoms with E-state index in [1.165, 1.54) is 6.07 Å². The highest BCUT2D eigenvalue weighted by atomic mass is 19.1. The highest BCUT2D eigenvalue weighted by Crippen LogP contribution is 2.18. The lowest BCUT2D eigenvalue weighted by Gasteiger charge is -2.10. The predicted molar refractivity (Wildman–Crippen MR) is 72.9 cm³/mol. The summed E-state index contributed by atoms with van der Waals surface area (Å²) in [6.07, 6.45) is 0.578. The zero-order chi connectivity index (χ0) is 14.3. The number of hydrogen-bond donors (Lipinski definition) is 2. The van der Waals surface area contributed by atoms with E-state index in [0.717, 1.165) is 5.56 Å². The first-order valence-electron chi connectivity index (χ1n) is 6.48. The highest BCUT2D eigenvalue weighted by molar-refractivity contribution is 5.74. The average Bonchev–Trinajstić information content (AvgIpc) is 2.32. The van der Waals surface area contributed by atoms with Crippen molar-refractivity contribution in [1.29, 1.82) is 0 Å². The lowest BCUT2D eigenvalue weighted by Crippen LogP contribution is -2.40. The second-order valence-corrected chi connectivity index (χ2v) is 4.50. The minimum Gasteiger partial charge on any atom is -0.491 e. The van der Waals surface area contributed by atoms with Crippen LogP contribution in [-0.4, -0.2) is 25.2 Å². The van der Waals surface area contributed by atoms with Crippen molar-refractivity contribution in [2.24, 2.45) is 0 Å². The van der Waals surface area contributed by atoms with Gasteiger partial charge in [-0.1, -0.05) is 6.07 Å². The van der Waals surface area contributed by atoms with Gasteiger partial charge in [0, 0.05) is 12.6 Å². The molecular weight excluding hydrogens is 247 g/mol. The fourth-order valence-corrected chi connectivity index (χ4v) is 1.61. The van der Waals surface area contributed by atoms with E-state index in [4.69, 9.17) is 4.74 Å². The number of hydrogen-bond acceptors (Lipinski definition) is 2. The van der Waals surface area contributed by atoms with Gasteiger partial charge < -0.3 is 15.4 Å². The van der Waals surface area contributed by atoms with Crippen molar-refractivity contribution in [2.75, 3.05) is 13.2 Å². The quantitative estimate of drug-likeness (QED) is 0.832. The van der Waals surface area contributed by atoms with Crippen molar-refractivity contribution in [1.82, 2.24) is 10.6 Å². The number of urea groups is 1. The van der Waals surface area contributed by atoms with Gasteiger partial charge in [-0.3, -0.25) is 0 Å². The number of carbonyl (C=O) groups excluding carboxylic acids is 1. The molecule has 0 heterocycles. The van der Waals surface area contributed by atoms with E-state index in [9.17, 15) is 9.18 Å². The van der Waals surface area contributed by atoms with E-state index in [-0.39, 0.29) is 23.6 Å². The van der Waals surface area contributed by atoms with Crippen LogP contribution in [0.5, 0.6) is 5.75 Å². The maximum atomic E-state index is 13.6. The van der Waals surface area contributed by atoms with Crippen LogP contribution in [0.3, 0.4) is 0 Å². The van der Waals surface area contributed by atoms with Crippen LogP contribution < -0.4 is 15.4 Å². The smallest absolute Gasteiger partial charge is 0.314 e. The molecule has 0 aliphatic carbocycles. The molecule has 4 nitrogen and oxygen atoms in total. The normalized spacial score (nSPS) is 10.4. The van der Waals surface area contributed by atoms with Crippen LogP contribution in [0.1, 0.15) is 26.3 Å². The Hall–Kier alpha value is -1.78. The predicted octanol–water partition coefficient (Wildman–Crippen LogP) is 2.47. The third-order valence-corrected chi connectivity index (χ3v) is 2.42. The van der Waals surface area contributed by atoms with Crippen molar-refractivity contribution >= 4 is 6.03 Å². The monoisotopic (exact) mass is 268 g/mol. The Morgan fingerprint density at radius 1 is 1.42 bits per heavy atom. The molecule has 0 aliphatic rings. The molecule has 0 aliphatic heterocycles. The molecular formula is C14H21FN2O2. The zero-order valence-corrected chi connectivity index (χ0v) is 11.6. The molecule has 2 amide bonds. The third-order valence-electron chi connectivity index (χ3n) is 2.42. The summed E-state index contributed by atoms with van der Waals surface area (Å²) in [5, 5.41) is 5.44. The molecule has 2 N–H and O–H groups in total. The van der Waals surface area contributed by atoms with Gasteiger partial charge in [0.1, 0.15) is 0 Å². The SMILES string of the molecule is CCOc1ccc(CCNC(=O)NC(C)C)cc1F. The number of amides is 2. The van der Waals surface area contributed by atoms with E-state index in [1.54, 1.807) is 12.1 Å². The van der Waals surface area contributed by atoms with Gasteiger partial charge in [0.05, 0.1) is 6.61 Å². The molecule has 106 valence electrons. The van der Waals surface area contributed by atoms with Gasteiger partial charge in [-0.2, -0.15) is 0 Å². The van der Waals surface area contributed by atoms with Crippen LogP contribution in [-0.2, 0) is 6.42 Å². The fraction of sp³-hybridized carbons (Fsp3) is 0.500. The standard InChI is InChI=1S/C14H21FN2O2/c1-4-19-13-6-5-11(9-12(13)15)7-8-16-14(18)17-10(2)3/h5-6,9-10H,4,7-8H2,1-3H3,(H2,16,17,18). The van der Waals surface area contributed by atoms with Gasteiger partial charge >= 0.3 is 6.03 Å². The molecule has 1 rings (SSSR count). The first-order chi connectivity index (χ1) is 9.02. The zero-order valence-electron chi connectivity index (χ0n) is 11.6. The Labute approximate surface area is 113 Å². The largest absolute Gasteiger partial charge is 0.491 e. The summed E-state index contributed by atoms with van der Waals surface area (Å²) in [6.45, 7) is 6.49. The summed E-state index contributed by atoms with van der Waals surface area (Å²) < 4.78 is 18.7. The summed E-state index contributed by atoms with van der Waals surface area (Å²) in [5.74, 6) is -0.109. The van der Waals surface area contributed by atoms with Crippen LogP contribution in [0.4, 0.5) is 9.18 Å². The number of carbonyl (C=O) groups is 1. The van der Waals surface area contributed by atoms with Crippen molar-refractivity contribution in [3.63, 3.8) is 0 Å². The van der Waals surface area contributed by atoms with Crippen molar-refractivity contribution < 1.29 is 13.9 Å². The van der Waals surface area contributed by atoms with Gasteiger partial charge in [-0.05, 0) is 44.9 Å². The Morgan fingerprint density at radius 2 is 2.16 bits per heavy atom. The highest BCUT2D eigenvalue weighted by Gasteiger charge is 2.05. The molecule has 19 heavy (non-hydrogen) atoms. The molecule has 0 saturated heterocycles. The van der Waals surface area contributed by atoms with E-state index in [1.807, 2.05) is 20.8 Å². The van der Waals surface area contributed by atoms with E-state index >= 15 is 0 Å². The topological polar surface area (TPSA) is 50.4 Å². The number of rotatable bonds is 6. The Bertz CT molecular complexity index is 422. The lowest BCUT2D eigenvalue weighted by molar-refractivity contribution is 0.238. The second-order valence-electron chi connectivity index (χ2n) is 4.50. The van der Waals surface area contributed by atoms with Crippen LogP contribution in [0.25, 0.3) is 0 Å². The van der Waals surface area contributed by atoms with Gasteiger partial charge in [0.15, 0.2) is 11.6 Å². The van der Waals surface area contributed by atoms with Crippen molar-refractivity contribution in [3.05, 3.63) is 29.6 Å². The van der Waals surface area contributed by atoms with Crippen LogP contribution >= 0.6 is 0 Å². The minimum absolute atomic E-state index is 0.0999. The third kappa shape index (κ3) is 5.59. The Kier molecular flexibility index (Phi) is 6.12. The minimum atomic E-state index is -0.369. The molecule has 1 aromatic rings. The van der Waals surface area contributed by atoms with Gasteiger partial charge in [0.2, 0.25) is 0 Å². The summed E-state index contributed by atoms with van der Waals surface area (Å²) in [5.41, 5.74) is 0.825. The number of nitrogens with one attached hydrogen (secondary N) is 2. The van der Waals surface area contributed by atoms with Crippen LogP contribution in [0.2, 0.25) is 0 Å². The summed E-state index contributed by atoms with van der Waals surface area (Å²) >= 11 is 0. The first-order valence-corrected chi connectivity index (χ1v) is 6.48. The number of halogens is 1. The summed E-state index contributed by atoms with van der Waals surface area (Å²) in [4.78, 5) is 11.3. The molecule has 0 unspecified atom stereocenters. The number of benzene rings is 1. The first kappa shape index (κ1) is 15.3. The molecule has 0 bridgehead atoms. The molecule has 0 radical (unpaired) electrons. The van der Waals surface area contributed by atoms with Crippen LogP contribution in [0, 0.1) is 5.82 Å². The Morgan fingerprint density at radius 3 is 2.74 bits per heavy atom. The van der Waals surface area contributed by atoms with Gasteiger partial charge in [0.25, 0.3) is 0 Å². The summed E-state index contributed by atoms with van der Waals surface area (Å²) in [7, 11) is 0. The summed E-state index contributed by atoms with van der Waals surface area (Å²) in [6, 6.07) is 4.75. The van der Waals surface area contributed by atoms with E-state index in [2.05, 4.69) is 10.6 Å². The van der Waals surface area contributed by atoms with E-state index in [0.29, 0.717) is 19.6 Å². The fourth-order valence-electron chi connectivity index (χ4n) is 1.61. The maximum absolute atomic E-state index is 13.6. The molecule has 0 atom stereocenters.